The van der Waals surface area contributed by atoms with Gasteiger partial charge in [0.1, 0.15) is 6.04 Å². The molecule has 0 aliphatic rings. The fourth-order valence-electron chi connectivity index (χ4n) is 2.94. The number of primary amides is 1. The lowest BCUT2D eigenvalue weighted by atomic mass is 10.1. The molecule has 0 radical (unpaired) electrons. The number of anilines is 2. The lowest BCUT2D eigenvalue weighted by molar-refractivity contribution is -0.117. The average Bonchev–Trinajstić information content (AvgIpc) is 2.76. The van der Waals surface area contributed by atoms with Crippen molar-refractivity contribution in [2.45, 2.75) is 17.4 Å². The van der Waals surface area contributed by atoms with Crippen LogP contribution in [0.5, 0.6) is 0 Å². The van der Waals surface area contributed by atoms with Crippen molar-refractivity contribution in [2.24, 2.45) is 5.73 Å². The van der Waals surface area contributed by atoms with Crippen LogP contribution in [0.25, 0.3) is 0 Å². The number of halogens is 2. The third kappa shape index (κ3) is 6.50. The van der Waals surface area contributed by atoms with Crippen molar-refractivity contribution in [3.05, 3.63) is 90.0 Å². The van der Waals surface area contributed by atoms with Gasteiger partial charge < -0.3 is 16.4 Å². The maximum absolute atomic E-state index is 13.4. The number of sulfonamides is 1. The van der Waals surface area contributed by atoms with Crippen LogP contribution in [0.15, 0.2) is 77.7 Å². The van der Waals surface area contributed by atoms with Crippen LogP contribution < -0.4 is 21.1 Å². The molecule has 0 aliphatic carbocycles. The first-order valence-electron chi connectivity index (χ1n) is 9.63. The van der Waals surface area contributed by atoms with Gasteiger partial charge in [0.25, 0.3) is 10.0 Å². The topological polar surface area (TPSA) is 130 Å². The summed E-state index contributed by atoms with van der Waals surface area (Å²) in [7, 11) is -4.16. The van der Waals surface area contributed by atoms with Gasteiger partial charge in [0.05, 0.1) is 4.90 Å². The number of benzene rings is 3. The van der Waals surface area contributed by atoms with Crippen LogP contribution in [0.2, 0.25) is 0 Å². The van der Waals surface area contributed by atoms with Gasteiger partial charge in [-0.15, -0.1) is 0 Å². The van der Waals surface area contributed by atoms with E-state index in [1.54, 1.807) is 24.3 Å². The number of amides is 3. The van der Waals surface area contributed by atoms with Crippen LogP contribution in [0.3, 0.4) is 0 Å². The zero-order valence-electron chi connectivity index (χ0n) is 17.1. The molecule has 0 bridgehead atoms. The molecule has 0 spiro atoms. The zero-order chi connectivity index (χ0) is 24.0. The quantitative estimate of drug-likeness (QED) is 0.400. The van der Waals surface area contributed by atoms with E-state index in [-0.39, 0.29) is 12.1 Å². The predicted molar refractivity (Wildman–Crippen MR) is 119 cm³/mol. The largest absolute Gasteiger partial charge is 0.352 e. The van der Waals surface area contributed by atoms with Crippen molar-refractivity contribution in [3.8, 4) is 0 Å². The van der Waals surface area contributed by atoms with Gasteiger partial charge in [-0.3, -0.25) is 9.52 Å². The van der Waals surface area contributed by atoms with E-state index in [1.807, 2.05) is 6.07 Å². The Balaban J connectivity index is 1.68. The second-order valence-electron chi connectivity index (χ2n) is 7.00. The lowest BCUT2D eigenvalue weighted by Crippen LogP contribution is -2.47. The highest BCUT2D eigenvalue weighted by Gasteiger charge is 2.21. The van der Waals surface area contributed by atoms with Gasteiger partial charge in [-0.2, -0.15) is 0 Å². The normalized spacial score (nSPS) is 11.9. The first-order valence-corrected chi connectivity index (χ1v) is 11.1. The van der Waals surface area contributed by atoms with Crippen LogP contribution in [-0.4, -0.2) is 26.4 Å². The Morgan fingerprint density at radius 3 is 2.12 bits per heavy atom. The Morgan fingerprint density at radius 2 is 1.52 bits per heavy atom. The molecule has 5 N–H and O–H groups in total. The van der Waals surface area contributed by atoms with Gasteiger partial charge in [-0.25, -0.2) is 22.0 Å². The Kier molecular flexibility index (Phi) is 7.23. The summed E-state index contributed by atoms with van der Waals surface area (Å²) in [5.41, 5.74) is 6.46. The van der Waals surface area contributed by atoms with E-state index in [0.717, 1.165) is 11.6 Å². The molecule has 3 amide bonds. The van der Waals surface area contributed by atoms with Crippen molar-refractivity contribution >= 4 is 33.3 Å². The van der Waals surface area contributed by atoms with Gasteiger partial charge in [0.2, 0.25) is 5.91 Å². The van der Waals surface area contributed by atoms with Gasteiger partial charge in [-0.1, -0.05) is 30.3 Å². The van der Waals surface area contributed by atoms with Crippen LogP contribution in [0, 0.1) is 11.6 Å². The molecule has 172 valence electrons. The third-order valence-corrected chi connectivity index (χ3v) is 5.90. The summed E-state index contributed by atoms with van der Waals surface area (Å²) in [5, 5.41) is 5.02. The average molecular weight is 474 g/mol. The van der Waals surface area contributed by atoms with Gasteiger partial charge in [0.15, 0.2) is 11.6 Å². The van der Waals surface area contributed by atoms with E-state index >= 15 is 0 Å². The van der Waals surface area contributed by atoms with Crippen LogP contribution in [-0.2, 0) is 21.2 Å². The first-order chi connectivity index (χ1) is 15.6. The fourth-order valence-corrected chi connectivity index (χ4v) is 4.01. The molecule has 8 nitrogen and oxygen atoms in total. The van der Waals surface area contributed by atoms with Crippen LogP contribution in [0.1, 0.15) is 5.56 Å². The lowest BCUT2D eigenvalue weighted by Gasteiger charge is -2.17. The summed E-state index contributed by atoms with van der Waals surface area (Å²) >= 11 is 0. The molecule has 0 heterocycles. The number of carbonyl (C=O) groups is 2. The molecular weight excluding hydrogens is 454 g/mol. The standard InChI is InChI=1S/C22H20F2N4O4S/c23-18-11-10-17(13-19(18)24)33(31,32)28-16-8-6-15(7-9-16)26-21(29)20(27-22(25)30)12-14-4-2-1-3-5-14/h1-11,13,20,28H,12H2,(H,26,29)(H3,25,27,30). The van der Waals surface area contributed by atoms with Gasteiger partial charge in [-0.05, 0) is 48.0 Å². The van der Waals surface area contributed by atoms with E-state index in [4.69, 9.17) is 5.73 Å². The monoisotopic (exact) mass is 474 g/mol. The van der Waals surface area contributed by atoms with Crippen molar-refractivity contribution < 1.29 is 26.8 Å². The molecule has 3 aromatic carbocycles. The minimum atomic E-state index is -4.16. The molecule has 0 aromatic heterocycles. The van der Waals surface area contributed by atoms with Gasteiger partial charge in [0, 0.05) is 17.8 Å². The number of nitrogens with two attached hydrogens (primary N) is 1. The van der Waals surface area contributed by atoms with E-state index in [1.165, 1.54) is 24.3 Å². The number of hydrogen-bond donors (Lipinski definition) is 4. The molecule has 0 aliphatic heterocycles. The Labute approximate surface area is 188 Å². The van der Waals surface area contributed by atoms with Gasteiger partial charge >= 0.3 is 6.03 Å². The second kappa shape index (κ2) is 10.1. The molecule has 0 fully saturated rings. The Morgan fingerprint density at radius 1 is 0.879 bits per heavy atom. The summed E-state index contributed by atoms with van der Waals surface area (Å²) in [6.07, 6.45) is 0.210. The van der Waals surface area contributed by atoms with Crippen LogP contribution in [0.4, 0.5) is 25.0 Å². The Hall–Kier alpha value is -3.99. The van der Waals surface area contributed by atoms with Crippen molar-refractivity contribution in [1.29, 1.82) is 0 Å². The SMILES string of the molecule is NC(=O)NC(Cc1ccccc1)C(=O)Nc1ccc(NS(=O)(=O)c2ccc(F)c(F)c2)cc1. The molecule has 3 aromatic rings. The first kappa shape index (κ1) is 23.7. The van der Waals surface area contributed by atoms with Crippen LogP contribution >= 0.6 is 0 Å². The summed E-state index contributed by atoms with van der Waals surface area (Å²) in [5.74, 6) is -2.97. The summed E-state index contributed by atoms with van der Waals surface area (Å²) in [4.78, 5) is 23.5. The summed E-state index contributed by atoms with van der Waals surface area (Å²) < 4.78 is 53.4. The Bertz CT molecular complexity index is 1250. The van der Waals surface area contributed by atoms with E-state index in [2.05, 4.69) is 15.4 Å². The highest BCUT2D eigenvalue weighted by molar-refractivity contribution is 7.92. The number of rotatable bonds is 8. The van der Waals surface area contributed by atoms with Crippen molar-refractivity contribution in [2.75, 3.05) is 10.0 Å². The number of nitrogens with one attached hydrogen (secondary N) is 3. The van der Waals surface area contributed by atoms with E-state index < -0.39 is 44.5 Å². The summed E-state index contributed by atoms with van der Waals surface area (Å²) in [6, 6.07) is 15.1. The molecule has 1 unspecified atom stereocenters. The number of urea groups is 1. The fraction of sp³-hybridized carbons (Fsp3) is 0.0909. The third-order valence-electron chi connectivity index (χ3n) is 4.52. The second-order valence-corrected chi connectivity index (χ2v) is 8.68. The van der Waals surface area contributed by atoms with E-state index in [0.29, 0.717) is 17.8 Å². The highest BCUT2D eigenvalue weighted by atomic mass is 32.2. The smallest absolute Gasteiger partial charge is 0.312 e. The minimum Gasteiger partial charge on any atom is -0.352 e. The number of carbonyl (C=O) groups excluding carboxylic acids is 2. The zero-order valence-corrected chi connectivity index (χ0v) is 17.9. The highest BCUT2D eigenvalue weighted by Crippen LogP contribution is 2.20. The maximum atomic E-state index is 13.4. The summed E-state index contributed by atoms with van der Waals surface area (Å²) in [6.45, 7) is 0. The maximum Gasteiger partial charge on any atom is 0.312 e. The van der Waals surface area contributed by atoms with Crippen molar-refractivity contribution in [3.63, 3.8) is 0 Å². The minimum absolute atomic E-state index is 0.133. The predicted octanol–water partition coefficient (Wildman–Crippen LogP) is 2.98. The molecule has 1 atom stereocenters. The molecular formula is C22H20F2N4O4S. The molecule has 33 heavy (non-hydrogen) atoms. The van der Waals surface area contributed by atoms with Crippen molar-refractivity contribution in [1.82, 2.24) is 5.32 Å². The molecule has 0 saturated heterocycles. The molecule has 11 heteroatoms. The van der Waals surface area contributed by atoms with E-state index in [9.17, 15) is 26.8 Å². The number of hydrogen-bond acceptors (Lipinski definition) is 4. The molecule has 0 saturated carbocycles. The molecule has 3 rings (SSSR count).